The molecule has 1 N–H and O–H groups in total. The maximum atomic E-state index is 11.7. The van der Waals surface area contributed by atoms with E-state index < -0.39 is 5.54 Å². The third kappa shape index (κ3) is 0.994. The van der Waals surface area contributed by atoms with E-state index in [1.165, 1.54) is 6.42 Å². The van der Waals surface area contributed by atoms with Gasteiger partial charge in [0.2, 0.25) is 5.91 Å². The van der Waals surface area contributed by atoms with E-state index in [0.717, 1.165) is 19.4 Å². The second kappa shape index (κ2) is 3.27. The molecule has 1 aliphatic heterocycles. The van der Waals surface area contributed by atoms with Crippen molar-refractivity contribution in [3.8, 4) is 6.07 Å². The summed E-state index contributed by atoms with van der Waals surface area (Å²) in [4.78, 5) is 11.7. The number of nitrogens with one attached hydrogen (secondary N) is 1. The number of rotatable bonds is 2. The summed E-state index contributed by atoms with van der Waals surface area (Å²) in [5.74, 6) is 0.664. The van der Waals surface area contributed by atoms with Gasteiger partial charge in [-0.25, -0.2) is 0 Å². The molecule has 3 fully saturated rings. The number of hydrazine groups is 1. The van der Waals surface area contributed by atoms with E-state index in [2.05, 4.69) is 25.3 Å². The topological polar surface area (TPSA) is 56.1 Å². The lowest BCUT2D eigenvalue weighted by atomic mass is 9.66. The third-order valence-electron chi connectivity index (χ3n) is 6.32. The molecule has 98 valence electrons. The molecule has 4 heteroatoms. The third-order valence-corrected chi connectivity index (χ3v) is 6.32. The zero-order chi connectivity index (χ0) is 13.2. The Hall–Kier alpha value is -1.08. The predicted octanol–water partition coefficient (Wildman–Crippen LogP) is 1.83. The first-order valence-electron chi connectivity index (χ1n) is 6.92. The summed E-state index contributed by atoms with van der Waals surface area (Å²) in [5, 5.41) is 11.7. The molecule has 3 aliphatic rings. The minimum Gasteiger partial charge on any atom is -0.287 e. The van der Waals surface area contributed by atoms with Crippen LogP contribution < -0.4 is 5.43 Å². The first-order valence-corrected chi connectivity index (χ1v) is 6.92. The van der Waals surface area contributed by atoms with Crippen LogP contribution in [0.3, 0.4) is 0 Å². The summed E-state index contributed by atoms with van der Waals surface area (Å²) in [7, 11) is 0. The van der Waals surface area contributed by atoms with E-state index in [-0.39, 0.29) is 16.7 Å². The molecule has 2 saturated carbocycles. The number of piperidine rings is 1. The van der Waals surface area contributed by atoms with Crippen LogP contribution in [0.15, 0.2) is 0 Å². The van der Waals surface area contributed by atoms with E-state index in [4.69, 9.17) is 0 Å². The van der Waals surface area contributed by atoms with Crippen LogP contribution in [-0.4, -0.2) is 23.0 Å². The zero-order valence-corrected chi connectivity index (χ0v) is 11.4. The van der Waals surface area contributed by atoms with Crippen molar-refractivity contribution >= 4 is 5.91 Å². The van der Waals surface area contributed by atoms with Gasteiger partial charge in [-0.3, -0.25) is 10.2 Å². The molecule has 0 radical (unpaired) electrons. The molecular formula is C14H21N3O. The molecule has 1 heterocycles. The average molecular weight is 247 g/mol. The smallest absolute Gasteiger partial charge is 0.234 e. The Kier molecular flexibility index (Phi) is 2.18. The SMILES string of the molecule is CCC(=O)NN1C[C@]2(C)[C@@H]3CC[C@]2(C)[C@]1(C#N)C3. The van der Waals surface area contributed by atoms with Gasteiger partial charge in [-0.15, -0.1) is 0 Å². The summed E-state index contributed by atoms with van der Waals surface area (Å²) in [6.07, 6.45) is 3.74. The van der Waals surface area contributed by atoms with Crippen LogP contribution in [0, 0.1) is 28.1 Å². The van der Waals surface area contributed by atoms with E-state index in [9.17, 15) is 10.1 Å². The summed E-state index contributed by atoms with van der Waals surface area (Å²) in [6, 6.07) is 2.56. The van der Waals surface area contributed by atoms with Crippen LogP contribution in [0.1, 0.15) is 46.5 Å². The number of hydrogen-bond acceptors (Lipinski definition) is 3. The van der Waals surface area contributed by atoms with Gasteiger partial charge in [0.1, 0.15) is 5.54 Å². The van der Waals surface area contributed by atoms with Crippen LogP contribution in [0.25, 0.3) is 0 Å². The van der Waals surface area contributed by atoms with E-state index in [1.54, 1.807) is 0 Å². The summed E-state index contributed by atoms with van der Waals surface area (Å²) in [5.41, 5.74) is 2.69. The molecule has 0 aromatic carbocycles. The van der Waals surface area contributed by atoms with Crippen molar-refractivity contribution in [2.75, 3.05) is 6.54 Å². The van der Waals surface area contributed by atoms with Gasteiger partial charge in [0, 0.05) is 18.4 Å². The number of carbonyl (C=O) groups excluding carboxylic acids is 1. The van der Waals surface area contributed by atoms with Gasteiger partial charge in [-0.2, -0.15) is 10.3 Å². The normalized spacial score (nSPS) is 49.3. The number of amides is 1. The lowest BCUT2D eigenvalue weighted by Crippen LogP contribution is -2.59. The van der Waals surface area contributed by atoms with Gasteiger partial charge in [0.05, 0.1) is 6.07 Å². The highest BCUT2D eigenvalue weighted by Crippen LogP contribution is 2.75. The van der Waals surface area contributed by atoms with E-state index in [0.29, 0.717) is 12.3 Å². The number of hydrogen-bond donors (Lipinski definition) is 1. The Balaban J connectivity index is 1.99. The molecule has 2 aliphatic carbocycles. The molecule has 3 rings (SSSR count). The molecule has 1 saturated heterocycles. The minimum atomic E-state index is -0.477. The zero-order valence-electron chi connectivity index (χ0n) is 11.4. The first kappa shape index (κ1) is 12.0. The first-order chi connectivity index (χ1) is 8.43. The fourth-order valence-corrected chi connectivity index (χ4v) is 4.87. The molecule has 1 amide bonds. The Morgan fingerprint density at radius 2 is 2.28 bits per heavy atom. The largest absolute Gasteiger partial charge is 0.287 e. The molecular weight excluding hydrogens is 226 g/mol. The highest BCUT2D eigenvalue weighted by atomic mass is 16.2. The summed E-state index contributed by atoms with van der Waals surface area (Å²) >= 11 is 0. The Bertz CT molecular complexity index is 456. The second-order valence-electron chi connectivity index (χ2n) is 6.64. The standard InChI is InChI=1S/C14H21N3O/c1-4-11(18)16-17-9-12(2)10-5-6-13(12,3)14(17,7-10)8-15/h10H,4-7,9H2,1-3H3,(H,16,18)/t10-,12-,13+,14-/m1/s1. The fourth-order valence-electron chi connectivity index (χ4n) is 4.87. The van der Waals surface area contributed by atoms with Gasteiger partial charge in [0.25, 0.3) is 0 Å². The number of nitriles is 1. The van der Waals surface area contributed by atoms with Gasteiger partial charge in [0.15, 0.2) is 0 Å². The van der Waals surface area contributed by atoms with Crippen LogP contribution >= 0.6 is 0 Å². The lowest BCUT2D eigenvalue weighted by Gasteiger charge is -2.42. The fraction of sp³-hybridized carbons (Fsp3) is 0.857. The predicted molar refractivity (Wildman–Crippen MR) is 67.0 cm³/mol. The van der Waals surface area contributed by atoms with Crippen LogP contribution in [0.2, 0.25) is 0 Å². The molecule has 0 aromatic heterocycles. The van der Waals surface area contributed by atoms with Crippen LogP contribution in [0.4, 0.5) is 0 Å². The Morgan fingerprint density at radius 1 is 1.56 bits per heavy atom. The van der Waals surface area contributed by atoms with Crippen LogP contribution in [0.5, 0.6) is 0 Å². The molecule has 0 aromatic rings. The quantitative estimate of drug-likeness (QED) is 0.810. The average Bonchev–Trinajstić information content (AvgIpc) is 2.79. The molecule has 4 bridgehead atoms. The summed E-state index contributed by atoms with van der Waals surface area (Å²) < 4.78 is 0. The maximum absolute atomic E-state index is 11.7. The second-order valence-corrected chi connectivity index (χ2v) is 6.64. The van der Waals surface area contributed by atoms with Crippen LogP contribution in [-0.2, 0) is 4.79 Å². The molecule has 0 unspecified atom stereocenters. The Labute approximate surface area is 108 Å². The van der Waals surface area contributed by atoms with Gasteiger partial charge in [-0.05, 0) is 30.6 Å². The van der Waals surface area contributed by atoms with Gasteiger partial charge < -0.3 is 0 Å². The lowest BCUT2D eigenvalue weighted by molar-refractivity contribution is -0.129. The number of carbonyl (C=O) groups is 1. The molecule has 18 heavy (non-hydrogen) atoms. The van der Waals surface area contributed by atoms with E-state index >= 15 is 0 Å². The molecule has 4 nitrogen and oxygen atoms in total. The minimum absolute atomic E-state index is 0.0141. The van der Waals surface area contributed by atoms with Crippen molar-refractivity contribution in [3.63, 3.8) is 0 Å². The summed E-state index contributed by atoms with van der Waals surface area (Å²) in [6.45, 7) is 7.23. The maximum Gasteiger partial charge on any atom is 0.234 e. The van der Waals surface area contributed by atoms with Crippen molar-refractivity contribution in [3.05, 3.63) is 0 Å². The Morgan fingerprint density at radius 3 is 2.83 bits per heavy atom. The van der Waals surface area contributed by atoms with Crippen molar-refractivity contribution in [1.29, 1.82) is 5.26 Å². The highest BCUT2D eigenvalue weighted by Gasteiger charge is 2.78. The molecule has 0 spiro atoms. The highest BCUT2D eigenvalue weighted by molar-refractivity contribution is 5.75. The molecule has 4 atom stereocenters. The van der Waals surface area contributed by atoms with Crippen molar-refractivity contribution in [2.45, 2.75) is 52.0 Å². The van der Waals surface area contributed by atoms with Gasteiger partial charge >= 0.3 is 0 Å². The number of nitrogens with zero attached hydrogens (tertiary/aromatic N) is 2. The van der Waals surface area contributed by atoms with Gasteiger partial charge in [-0.1, -0.05) is 20.8 Å². The monoisotopic (exact) mass is 247 g/mol. The van der Waals surface area contributed by atoms with Crippen molar-refractivity contribution in [1.82, 2.24) is 10.4 Å². The van der Waals surface area contributed by atoms with Crippen molar-refractivity contribution in [2.24, 2.45) is 16.7 Å². The van der Waals surface area contributed by atoms with Crippen molar-refractivity contribution < 1.29 is 4.79 Å². The van der Waals surface area contributed by atoms with E-state index in [1.807, 2.05) is 11.9 Å².